The maximum absolute atomic E-state index is 4.46. The van der Waals surface area contributed by atoms with E-state index in [1.54, 1.807) is 0 Å². The average molecular weight is 289 g/mol. The fraction of sp³-hybridized carbons (Fsp3) is 0.105. The van der Waals surface area contributed by atoms with Gasteiger partial charge in [-0.25, -0.2) is 0 Å². The molecular formula is C19H19N3. The number of anilines is 1. The van der Waals surface area contributed by atoms with Crippen LogP contribution in [0.25, 0.3) is 17.0 Å². The smallest absolute Gasteiger partial charge is 0.0650 e. The first kappa shape index (κ1) is 14.1. The summed E-state index contributed by atoms with van der Waals surface area (Å²) in [5.41, 5.74) is 4.42. The minimum Gasteiger partial charge on any atom is -0.378 e. The van der Waals surface area contributed by atoms with E-state index >= 15 is 0 Å². The monoisotopic (exact) mass is 289 g/mol. The van der Waals surface area contributed by atoms with Crippen molar-refractivity contribution in [2.75, 3.05) is 19.0 Å². The van der Waals surface area contributed by atoms with Gasteiger partial charge in [-0.2, -0.15) is 0 Å². The molecule has 110 valence electrons. The third kappa shape index (κ3) is 3.26. The standard InChI is InChI=1S/C19H19N3/c1-22(2)18-9-5-15(6-10-18)4-3-12-20-17-8-7-16-11-13-21-19(16)14-17/h3-14,21H,1-2H3/b4-3+,20-12?. The van der Waals surface area contributed by atoms with E-state index in [0.29, 0.717) is 0 Å². The van der Waals surface area contributed by atoms with Gasteiger partial charge in [0.25, 0.3) is 0 Å². The number of allylic oxidation sites excluding steroid dienone is 1. The van der Waals surface area contributed by atoms with E-state index in [2.05, 4.69) is 57.4 Å². The van der Waals surface area contributed by atoms with E-state index in [1.807, 2.05) is 44.7 Å². The van der Waals surface area contributed by atoms with Crippen molar-refractivity contribution in [3.8, 4) is 0 Å². The van der Waals surface area contributed by atoms with Gasteiger partial charge in [-0.05, 0) is 47.4 Å². The second kappa shape index (κ2) is 6.31. The number of aromatic amines is 1. The third-order valence-electron chi connectivity index (χ3n) is 3.55. The molecule has 0 aliphatic heterocycles. The quantitative estimate of drug-likeness (QED) is 0.696. The Morgan fingerprint density at radius 3 is 2.59 bits per heavy atom. The van der Waals surface area contributed by atoms with Crippen LogP contribution in [0.15, 0.2) is 65.8 Å². The minimum absolute atomic E-state index is 0.947. The highest BCUT2D eigenvalue weighted by Gasteiger charge is 1.95. The van der Waals surface area contributed by atoms with Crippen LogP contribution in [0.4, 0.5) is 11.4 Å². The Kier molecular flexibility index (Phi) is 4.05. The summed E-state index contributed by atoms with van der Waals surface area (Å²) in [6.45, 7) is 0. The number of H-pyrrole nitrogens is 1. The van der Waals surface area contributed by atoms with E-state index in [0.717, 1.165) is 16.8 Å². The Bertz CT molecular complexity index is 808. The van der Waals surface area contributed by atoms with Gasteiger partial charge in [0, 0.05) is 37.7 Å². The molecule has 22 heavy (non-hydrogen) atoms. The van der Waals surface area contributed by atoms with Crippen LogP contribution in [0.3, 0.4) is 0 Å². The van der Waals surface area contributed by atoms with E-state index in [9.17, 15) is 0 Å². The second-order valence-electron chi connectivity index (χ2n) is 5.37. The van der Waals surface area contributed by atoms with Crippen LogP contribution in [0.5, 0.6) is 0 Å². The summed E-state index contributed by atoms with van der Waals surface area (Å²) in [5.74, 6) is 0. The highest BCUT2D eigenvalue weighted by atomic mass is 15.1. The summed E-state index contributed by atoms with van der Waals surface area (Å²) in [4.78, 5) is 9.74. The van der Waals surface area contributed by atoms with Crippen molar-refractivity contribution in [2.45, 2.75) is 0 Å². The molecule has 3 rings (SSSR count). The molecule has 3 heteroatoms. The Hall–Kier alpha value is -2.81. The lowest BCUT2D eigenvalue weighted by atomic mass is 10.2. The predicted octanol–water partition coefficient (Wildman–Crippen LogP) is 4.65. The lowest BCUT2D eigenvalue weighted by Crippen LogP contribution is -2.07. The lowest BCUT2D eigenvalue weighted by molar-refractivity contribution is 1.13. The third-order valence-corrected chi connectivity index (χ3v) is 3.55. The van der Waals surface area contributed by atoms with Crippen molar-refractivity contribution in [2.24, 2.45) is 4.99 Å². The fourth-order valence-corrected chi connectivity index (χ4v) is 2.28. The SMILES string of the molecule is CN(C)c1ccc(/C=C/C=Nc2ccc3cc[nH]c3c2)cc1. The maximum Gasteiger partial charge on any atom is 0.0650 e. The molecular weight excluding hydrogens is 270 g/mol. The molecule has 0 unspecified atom stereocenters. The maximum atomic E-state index is 4.46. The summed E-state index contributed by atoms with van der Waals surface area (Å²) in [6, 6.07) is 16.6. The molecule has 0 bridgehead atoms. The Labute approximate surface area is 130 Å². The van der Waals surface area contributed by atoms with Crippen LogP contribution < -0.4 is 4.90 Å². The average Bonchev–Trinajstić information content (AvgIpc) is 2.99. The van der Waals surface area contributed by atoms with Crippen LogP contribution in [-0.4, -0.2) is 25.3 Å². The summed E-state index contributed by atoms with van der Waals surface area (Å²) in [7, 11) is 4.08. The van der Waals surface area contributed by atoms with Crippen molar-refractivity contribution >= 4 is 34.6 Å². The van der Waals surface area contributed by atoms with E-state index in [-0.39, 0.29) is 0 Å². The number of hydrogen-bond acceptors (Lipinski definition) is 2. The molecule has 1 heterocycles. The number of nitrogens with one attached hydrogen (secondary N) is 1. The Morgan fingerprint density at radius 1 is 1.00 bits per heavy atom. The number of aliphatic imine (C=N–C) groups is 1. The molecule has 0 spiro atoms. The van der Waals surface area contributed by atoms with Crippen molar-refractivity contribution in [1.82, 2.24) is 4.98 Å². The van der Waals surface area contributed by atoms with Gasteiger partial charge in [0.05, 0.1) is 5.69 Å². The summed E-state index contributed by atoms with van der Waals surface area (Å²) < 4.78 is 0. The molecule has 1 N–H and O–H groups in total. The number of benzene rings is 2. The zero-order valence-electron chi connectivity index (χ0n) is 12.8. The van der Waals surface area contributed by atoms with Gasteiger partial charge in [0.1, 0.15) is 0 Å². The van der Waals surface area contributed by atoms with Crippen LogP contribution in [0, 0.1) is 0 Å². The van der Waals surface area contributed by atoms with Crippen LogP contribution in [0.2, 0.25) is 0 Å². The molecule has 0 radical (unpaired) electrons. The first-order valence-corrected chi connectivity index (χ1v) is 7.28. The van der Waals surface area contributed by atoms with Gasteiger partial charge in [0.15, 0.2) is 0 Å². The van der Waals surface area contributed by atoms with Gasteiger partial charge in [-0.3, -0.25) is 4.99 Å². The van der Waals surface area contributed by atoms with E-state index in [4.69, 9.17) is 0 Å². The molecule has 0 saturated heterocycles. The van der Waals surface area contributed by atoms with Gasteiger partial charge in [-0.15, -0.1) is 0 Å². The number of nitrogens with zero attached hydrogens (tertiary/aromatic N) is 2. The molecule has 0 atom stereocenters. The van der Waals surface area contributed by atoms with Crippen molar-refractivity contribution in [3.05, 3.63) is 66.4 Å². The zero-order chi connectivity index (χ0) is 15.4. The normalized spacial score (nSPS) is 11.7. The highest BCUT2D eigenvalue weighted by molar-refractivity contribution is 5.85. The number of hydrogen-bond donors (Lipinski definition) is 1. The van der Waals surface area contributed by atoms with Crippen molar-refractivity contribution in [1.29, 1.82) is 0 Å². The summed E-state index contributed by atoms with van der Waals surface area (Å²) in [6.07, 6.45) is 7.78. The Morgan fingerprint density at radius 2 is 1.82 bits per heavy atom. The molecule has 2 aromatic carbocycles. The van der Waals surface area contributed by atoms with Gasteiger partial charge < -0.3 is 9.88 Å². The topological polar surface area (TPSA) is 31.4 Å². The van der Waals surface area contributed by atoms with E-state index < -0.39 is 0 Å². The minimum atomic E-state index is 0.947. The highest BCUT2D eigenvalue weighted by Crippen LogP contribution is 2.19. The Balaban J connectivity index is 1.67. The number of aromatic nitrogens is 1. The molecule has 3 nitrogen and oxygen atoms in total. The summed E-state index contributed by atoms with van der Waals surface area (Å²) in [5, 5.41) is 1.20. The van der Waals surface area contributed by atoms with Crippen LogP contribution >= 0.6 is 0 Å². The van der Waals surface area contributed by atoms with Gasteiger partial charge in [0.2, 0.25) is 0 Å². The number of rotatable bonds is 4. The van der Waals surface area contributed by atoms with Crippen molar-refractivity contribution in [3.63, 3.8) is 0 Å². The molecule has 1 aromatic heterocycles. The first-order chi connectivity index (χ1) is 10.7. The molecule has 0 fully saturated rings. The fourth-order valence-electron chi connectivity index (χ4n) is 2.28. The number of fused-ring (bicyclic) bond motifs is 1. The van der Waals surface area contributed by atoms with Crippen LogP contribution in [0.1, 0.15) is 5.56 Å². The second-order valence-corrected chi connectivity index (χ2v) is 5.37. The molecule has 3 aromatic rings. The molecule has 0 amide bonds. The van der Waals surface area contributed by atoms with Gasteiger partial charge in [-0.1, -0.05) is 24.3 Å². The largest absolute Gasteiger partial charge is 0.378 e. The van der Waals surface area contributed by atoms with Crippen molar-refractivity contribution < 1.29 is 0 Å². The molecule has 0 aliphatic carbocycles. The molecule has 0 saturated carbocycles. The predicted molar refractivity (Wildman–Crippen MR) is 96.3 cm³/mol. The van der Waals surface area contributed by atoms with Gasteiger partial charge >= 0.3 is 0 Å². The summed E-state index contributed by atoms with van der Waals surface area (Å²) >= 11 is 0. The molecule has 0 aliphatic rings. The lowest BCUT2D eigenvalue weighted by Gasteiger charge is -2.11. The zero-order valence-corrected chi connectivity index (χ0v) is 12.8. The van der Waals surface area contributed by atoms with E-state index in [1.165, 1.54) is 11.1 Å². The van der Waals surface area contributed by atoms with Crippen LogP contribution in [-0.2, 0) is 0 Å². The first-order valence-electron chi connectivity index (χ1n) is 7.28.